The van der Waals surface area contributed by atoms with Gasteiger partial charge in [-0.3, -0.25) is 9.59 Å². The summed E-state index contributed by atoms with van der Waals surface area (Å²) in [5.74, 6) is -0.476. The minimum absolute atomic E-state index is 0.173. The smallest absolute Gasteiger partial charge is 0.319 e. The van der Waals surface area contributed by atoms with E-state index in [2.05, 4.69) is 20.9 Å². The molecule has 1 aromatic rings. The molecule has 0 radical (unpaired) electrons. The molecule has 1 rings (SSSR count). The average molecular weight is 346 g/mol. The Balaban J connectivity index is 2.65. The van der Waals surface area contributed by atoms with Gasteiger partial charge in [-0.05, 0) is 48.8 Å². The Labute approximate surface area is 125 Å². The fraction of sp³-hybridized carbons (Fsp3) is 0.462. The fourth-order valence-corrected chi connectivity index (χ4v) is 2.79. The van der Waals surface area contributed by atoms with E-state index in [1.54, 1.807) is 33.0 Å². The van der Waals surface area contributed by atoms with Crippen LogP contribution in [0.2, 0.25) is 0 Å². The highest BCUT2D eigenvalue weighted by molar-refractivity contribution is 9.10. The zero-order chi connectivity index (χ0) is 14.5. The van der Waals surface area contributed by atoms with Crippen LogP contribution in [0.4, 0.5) is 0 Å². The van der Waals surface area contributed by atoms with Crippen LogP contribution >= 0.6 is 27.7 Å². The van der Waals surface area contributed by atoms with Crippen LogP contribution < -0.4 is 0 Å². The van der Waals surface area contributed by atoms with E-state index in [0.717, 1.165) is 9.50 Å². The predicted octanol–water partition coefficient (Wildman–Crippen LogP) is 3.09. The van der Waals surface area contributed by atoms with Crippen molar-refractivity contribution in [2.45, 2.75) is 25.8 Å². The largest absolute Gasteiger partial charge is 0.465 e. The molecule has 0 amide bonds. The first kappa shape index (κ1) is 16.2. The highest BCUT2D eigenvalue weighted by atomic mass is 79.9. The molecule has 0 aliphatic rings. The number of halogens is 1. The van der Waals surface area contributed by atoms with Crippen LogP contribution in [0, 0.1) is 5.41 Å². The van der Waals surface area contributed by atoms with Gasteiger partial charge in [-0.1, -0.05) is 11.8 Å². The van der Waals surface area contributed by atoms with Crippen molar-refractivity contribution in [1.29, 1.82) is 0 Å². The molecule has 0 unspecified atom stereocenters. The van der Waals surface area contributed by atoms with Crippen LogP contribution in [0.25, 0.3) is 0 Å². The molecule has 0 aromatic carbocycles. The van der Waals surface area contributed by atoms with Gasteiger partial charge >= 0.3 is 5.97 Å². The van der Waals surface area contributed by atoms with Crippen molar-refractivity contribution in [3.05, 3.63) is 22.8 Å². The number of thioether (sulfide) groups is 1. The van der Waals surface area contributed by atoms with Gasteiger partial charge in [0, 0.05) is 10.7 Å². The summed E-state index contributed by atoms with van der Waals surface area (Å²) in [6, 6.07) is 3.66. The van der Waals surface area contributed by atoms with Crippen molar-refractivity contribution in [3.63, 3.8) is 0 Å². The third kappa shape index (κ3) is 4.31. The predicted molar refractivity (Wildman–Crippen MR) is 78.1 cm³/mol. The number of Topliss-reactive ketones (excluding diaryl/α,β-unsaturated/α-hetero) is 1. The van der Waals surface area contributed by atoms with Gasteiger partial charge in [-0.2, -0.15) is 0 Å². The molecule has 0 atom stereocenters. The van der Waals surface area contributed by atoms with Gasteiger partial charge in [-0.15, -0.1) is 0 Å². The van der Waals surface area contributed by atoms with Gasteiger partial charge in [0.15, 0.2) is 5.78 Å². The number of carbonyl (C=O) groups excluding carboxylic acids is 2. The van der Waals surface area contributed by atoms with Crippen LogP contribution in [0.5, 0.6) is 0 Å². The standard InChI is InChI=1S/C13H16BrNO3S/c1-4-18-12(17)13(2,3)10(16)8-19-11-9(14)6-5-7-15-11/h5-7H,4,8H2,1-3H3. The number of rotatable bonds is 6. The first-order valence-corrected chi connectivity index (χ1v) is 7.61. The van der Waals surface area contributed by atoms with Crippen LogP contribution in [-0.4, -0.2) is 29.1 Å². The number of hydrogen-bond acceptors (Lipinski definition) is 5. The molecule has 1 heterocycles. The lowest BCUT2D eigenvalue weighted by molar-refractivity contribution is -0.157. The molecular formula is C13H16BrNO3S. The van der Waals surface area contributed by atoms with Crippen LogP contribution in [-0.2, 0) is 14.3 Å². The number of ether oxygens (including phenoxy) is 1. The summed E-state index contributed by atoms with van der Waals surface area (Å²) in [7, 11) is 0. The average Bonchev–Trinajstić information content (AvgIpc) is 2.37. The molecule has 104 valence electrons. The van der Waals surface area contributed by atoms with E-state index in [0.29, 0.717) is 0 Å². The van der Waals surface area contributed by atoms with Crippen molar-refractivity contribution < 1.29 is 14.3 Å². The molecule has 0 saturated heterocycles. The normalized spacial score (nSPS) is 11.2. The maximum absolute atomic E-state index is 12.1. The molecule has 19 heavy (non-hydrogen) atoms. The minimum atomic E-state index is -1.12. The van der Waals surface area contributed by atoms with Gasteiger partial charge in [0.25, 0.3) is 0 Å². The minimum Gasteiger partial charge on any atom is -0.465 e. The highest BCUT2D eigenvalue weighted by Crippen LogP contribution is 2.28. The van der Waals surface area contributed by atoms with Crippen molar-refractivity contribution >= 4 is 39.4 Å². The Hall–Kier alpha value is -0.880. The Morgan fingerprint density at radius 2 is 2.16 bits per heavy atom. The number of ketones is 1. The molecule has 0 aliphatic carbocycles. The topological polar surface area (TPSA) is 56.3 Å². The second kappa shape index (κ2) is 7.05. The number of esters is 1. The second-order valence-electron chi connectivity index (χ2n) is 4.35. The van der Waals surface area contributed by atoms with Crippen LogP contribution in [0.1, 0.15) is 20.8 Å². The molecule has 0 aliphatic heterocycles. The number of pyridine rings is 1. The molecule has 0 N–H and O–H groups in total. The van der Waals surface area contributed by atoms with Gasteiger partial charge in [0.1, 0.15) is 10.4 Å². The third-order valence-electron chi connectivity index (χ3n) is 2.55. The molecule has 6 heteroatoms. The van der Waals surface area contributed by atoms with Crippen molar-refractivity contribution in [2.24, 2.45) is 5.41 Å². The summed E-state index contributed by atoms with van der Waals surface area (Å²) in [5, 5.41) is 0.732. The second-order valence-corrected chi connectivity index (χ2v) is 6.17. The number of hydrogen-bond donors (Lipinski definition) is 0. The lowest BCUT2D eigenvalue weighted by atomic mass is 9.89. The first-order valence-electron chi connectivity index (χ1n) is 5.83. The number of aromatic nitrogens is 1. The lowest BCUT2D eigenvalue weighted by Gasteiger charge is -2.20. The molecule has 0 bridgehead atoms. The fourth-order valence-electron chi connectivity index (χ4n) is 1.22. The summed E-state index contributed by atoms with van der Waals surface area (Å²) in [6.45, 7) is 5.16. The van der Waals surface area contributed by atoms with E-state index >= 15 is 0 Å². The molecule has 0 spiro atoms. The molecule has 0 saturated carbocycles. The van der Waals surface area contributed by atoms with Crippen molar-refractivity contribution in [3.8, 4) is 0 Å². The zero-order valence-corrected chi connectivity index (χ0v) is 13.5. The van der Waals surface area contributed by atoms with Gasteiger partial charge in [-0.25, -0.2) is 4.98 Å². The van der Waals surface area contributed by atoms with Crippen molar-refractivity contribution in [1.82, 2.24) is 4.98 Å². The number of nitrogens with zero attached hydrogens (tertiary/aromatic N) is 1. The van der Waals surface area contributed by atoms with Gasteiger partial charge < -0.3 is 4.74 Å². The molecule has 4 nitrogen and oxygen atoms in total. The summed E-state index contributed by atoms with van der Waals surface area (Å²) in [4.78, 5) is 28.0. The SMILES string of the molecule is CCOC(=O)C(C)(C)C(=O)CSc1ncccc1Br. The highest BCUT2D eigenvalue weighted by Gasteiger charge is 2.37. The summed E-state index contributed by atoms with van der Waals surface area (Å²) < 4.78 is 5.74. The Kier molecular flexibility index (Phi) is 6.00. The maximum atomic E-state index is 12.1. The zero-order valence-electron chi connectivity index (χ0n) is 11.1. The van der Waals surface area contributed by atoms with E-state index in [9.17, 15) is 9.59 Å². The van der Waals surface area contributed by atoms with Crippen molar-refractivity contribution in [2.75, 3.05) is 12.4 Å². The Morgan fingerprint density at radius 3 is 2.74 bits per heavy atom. The van der Waals surface area contributed by atoms with E-state index in [1.165, 1.54) is 11.8 Å². The Bertz CT molecular complexity index is 477. The summed E-state index contributed by atoms with van der Waals surface area (Å²) >= 11 is 4.67. The number of carbonyl (C=O) groups is 2. The molecule has 1 aromatic heterocycles. The molecular weight excluding hydrogens is 330 g/mol. The van der Waals surface area contributed by atoms with E-state index < -0.39 is 11.4 Å². The van der Waals surface area contributed by atoms with Crippen LogP contribution in [0.15, 0.2) is 27.8 Å². The van der Waals surface area contributed by atoms with E-state index in [4.69, 9.17) is 4.74 Å². The summed E-state index contributed by atoms with van der Waals surface area (Å²) in [5.41, 5.74) is -1.12. The van der Waals surface area contributed by atoms with Gasteiger partial charge in [0.05, 0.1) is 12.4 Å². The van der Waals surface area contributed by atoms with Crippen LogP contribution in [0.3, 0.4) is 0 Å². The lowest BCUT2D eigenvalue weighted by Crippen LogP contribution is -2.36. The maximum Gasteiger partial charge on any atom is 0.319 e. The summed E-state index contributed by atoms with van der Waals surface area (Å²) in [6.07, 6.45) is 1.66. The monoisotopic (exact) mass is 345 g/mol. The van der Waals surface area contributed by atoms with Gasteiger partial charge in [0.2, 0.25) is 0 Å². The van der Waals surface area contributed by atoms with E-state index in [1.807, 2.05) is 6.07 Å². The quantitative estimate of drug-likeness (QED) is 0.450. The third-order valence-corrected chi connectivity index (χ3v) is 4.46. The molecule has 0 fully saturated rings. The van der Waals surface area contributed by atoms with E-state index in [-0.39, 0.29) is 18.1 Å². The Morgan fingerprint density at radius 1 is 1.47 bits per heavy atom. The first-order chi connectivity index (χ1) is 8.89.